The van der Waals surface area contributed by atoms with Crippen LogP contribution in [0.15, 0.2) is 78.9 Å². The molecule has 0 aliphatic carbocycles. The molecule has 3 heteroatoms. The summed E-state index contributed by atoms with van der Waals surface area (Å²) < 4.78 is 11.4. The fourth-order valence-electron chi connectivity index (χ4n) is 3.45. The second-order valence-corrected chi connectivity index (χ2v) is 7.94. The van der Waals surface area contributed by atoms with Crippen molar-refractivity contribution < 1.29 is 14.3 Å². The molecular weight excluding hydrogens is 384 g/mol. The van der Waals surface area contributed by atoms with Crippen molar-refractivity contribution in [3.8, 4) is 16.9 Å². The lowest BCUT2D eigenvalue weighted by Gasteiger charge is -2.13. The average Bonchev–Trinajstić information content (AvgIpc) is 2.81. The average molecular weight is 417 g/mol. The molecule has 0 fully saturated rings. The van der Waals surface area contributed by atoms with Gasteiger partial charge in [0.25, 0.3) is 0 Å². The molecule has 162 valence electrons. The van der Waals surface area contributed by atoms with Gasteiger partial charge in [-0.25, -0.2) is 4.79 Å². The maximum Gasteiger partial charge on any atom is 0.338 e. The van der Waals surface area contributed by atoms with E-state index in [1.54, 1.807) is 0 Å². The smallest absolute Gasteiger partial charge is 0.338 e. The normalized spacial score (nSPS) is 11.7. The van der Waals surface area contributed by atoms with Crippen LogP contribution < -0.4 is 4.74 Å². The van der Waals surface area contributed by atoms with Crippen LogP contribution in [0.2, 0.25) is 0 Å². The molecule has 1 atom stereocenters. The Bertz CT molecular complexity index is 915. The zero-order valence-electron chi connectivity index (χ0n) is 18.6. The number of esters is 1. The summed E-state index contributed by atoms with van der Waals surface area (Å²) >= 11 is 0. The van der Waals surface area contributed by atoms with Crippen LogP contribution in [-0.4, -0.2) is 12.1 Å². The Morgan fingerprint density at radius 3 is 2.10 bits per heavy atom. The minimum absolute atomic E-state index is 0.0486. The molecule has 3 aromatic rings. The predicted molar refractivity (Wildman–Crippen MR) is 126 cm³/mol. The number of ether oxygens (including phenoxy) is 2. The Labute approximate surface area is 186 Å². The number of carbonyl (C=O) groups excluding carboxylic acids is 1. The molecule has 0 amide bonds. The van der Waals surface area contributed by atoms with E-state index in [0.29, 0.717) is 12.2 Å². The fourth-order valence-corrected chi connectivity index (χ4v) is 3.45. The second kappa shape index (κ2) is 11.9. The Morgan fingerprint density at radius 1 is 0.806 bits per heavy atom. The molecule has 0 radical (unpaired) electrons. The molecule has 0 N–H and O–H groups in total. The molecule has 0 spiro atoms. The predicted octanol–water partition coefficient (Wildman–Crippen LogP) is 7.45. The van der Waals surface area contributed by atoms with Gasteiger partial charge in [-0.15, -0.1) is 0 Å². The Morgan fingerprint density at radius 2 is 1.45 bits per heavy atom. The van der Waals surface area contributed by atoms with Crippen molar-refractivity contribution in [3.63, 3.8) is 0 Å². The quantitative estimate of drug-likeness (QED) is 0.240. The zero-order valence-corrected chi connectivity index (χ0v) is 18.6. The molecule has 3 aromatic carbocycles. The minimum Gasteiger partial charge on any atom is -0.489 e. The fraction of sp³-hybridized carbons (Fsp3) is 0.321. The van der Waals surface area contributed by atoms with Gasteiger partial charge in [0, 0.05) is 0 Å². The lowest BCUT2D eigenvalue weighted by molar-refractivity contribution is 0.0319. The molecule has 0 aromatic heterocycles. The SMILES string of the molecule is CCCCCCC(C)OC(=O)c1ccc(-c2ccc(OCc3ccccc3)cc2)cc1. The van der Waals surface area contributed by atoms with E-state index in [4.69, 9.17) is 9.47 Å². The number of hydrogen-bond acceptors (Lipinski definition) is 3. The van der Waals surface area contributed by atoms with Crippen LogP contribution in [0.5, 0.6) is 5.75 Å². The summed E-state index contributed by atoms with van der Waals surface area (Å²) in [6, 6.07) is 25.7. The third-order valence-electron chi connectivity index (χ3n) is 5.33. The molecule has 0 saturated carbocycles. The van der Waals surface area contributed by atoms with Gasteiger partial charge in [0.1, 0.15) is 12.4 Å². The number of rotatable bonds is 11. The number of benzene rings is 3. The third kappa shape index (κ3) is 7.29. The van der Waals surface area contributed by atoms with Crippen molar-refractivity contribution in [1.82, 2.24) is 0 Å². The van der Waals surface area contributed by atoms with E-state index < -0.39 is 0 Å². The van der Waals surface area contributed by atoms with Gasteiger partial charge in [0.2, 0.25) is 0 Å². The highest BCUT2D eigenvalue weighted by molar-refractivity contribution is 5.90. The van der Waals surface area contributed by atoms with Gasteiger partial charge < -0.3 is 9.47 Å². The highest BCUT2D eigenvalue weighted by Crippen LogP contribution is 2.24. The van der Waals surface area contributed by atoms with Gasteiger partial charge in [-0.05, 0) is 60.7 Å². The summed E-state index contributed by atoms with van der Waals surface area (Å²) in [5.41, 5.74) is 3.87. The van der Waals surface area contributed by atoms with Crippen LogP contribution in [0.1, 0.15) is 61.9 Å². The number of unbranched alkanes of at least 4 members (excludes halogenated alkanes) is 3. The minimum atomic E-state index is -0.251. The number of carbonyl (C=O) groups is 1. The Hall–Kier alpha value is -3.07. The second-order valence-electron chi connectivity index (χ2n) is 7.94. The maximum atomic E-state index is 12.4. The molecular formula is C28H32O3. The van der Waals surface area contributed by atoms with Gasteiger partial charge in [-0.2, -0.15) is 0 Å². The van der Waals surface area contributed by atoms with Crippen molar-refractivity contribution in [1.29, 1.82) is 0 Å². The molecule has 0 heterocycles. The maximum absolute atomic E-state index is 12.4. The van der Waals surface area contributed by atoms with E-state index in [1.165, 1.54) is 19.3 Å². The first kappa shape index (κ1) is 22.6. The van der Waals surface area contributed by atoms with Crippen molar-refractivity contribution in [2.45, 2.75) is 58.7 Å². The highest BCUT2D eigenvalue weighted by atomic mass is 16.5. The standard InChI is InChI=1S/C28H32O3/c1-3-4-5-7-10-22(2)31-28(29)26-15-13-24(14-16-26)25-17-19-27(20-18-25)30-21-23-11-8-6-9-12-23/h6,8-9,11-20,22H,3-5,7,10,21H2,1-2H3. The first-order valence-electron chi connectivity index (χ1n) is 11.2. The Balaban J connectivity index is 1.51. The summed E-state index contributed by atoms with van der Waals surface area (Å²) in [4.78, 5) is 12.4. The summed E-state index contributed by atoms with van der Waals surface area (Å²) in [7, 11) is 0. The molecule has 1 unspecified atom stereocenters. The van der Waals surface area contributed by atoms with Crippen LogP contribution in [0.4, 0.5) is 0 Å². The molecule has 3 nitrogen and oxygen atoms in total. The summed E-state index contributed by atoms with van der Waals surface area (Å²) in [5.74, 6) is 0.583. The number of hydrogen-bond donors (Lipinski definition) is 0. The van der Waals surface area contributed by atoms with Crippen molar-refractivity contribution in [3.05, 3.63) is 90.0 Å². The molecule has 3 rings (SSSR count). The molecule has 0 aliphatic rings. The Kier molecular flexibility index (Phi) is 8.71. The van der Waals surface area contributed by atoms with Crippen LogP contribution in [0.3, 0.4) is 0 Å². The summed E-state index contributed by atoms with van der Waals surface area (Å²) in [6.07, 6.45) is 5.62. The van der Waals surface area contributed by atoms with Gasteiger partial charge in [-0.1, -0.05) is 80.8 Å². The van der Waals surface area contributed by atoms with E-state index in [9.17, 15) is 4.79 Å². The molecule has 31 heavy (non-hydrogen) atoms. The van der Waals surface area contributed by atoms with E-state index >= 15 is 0 Å². The van der Waals surface area contributed by atoms with Crippen LogP contribution in [-0.2, 0) is 11.3 Å². The van der Waals surface area contributed by atoms with Crippen LogP contribution in [0, 0.1) is 0 Å². The first-order valence-corrected chi connectivity index (χ1v) is 11.2. The van der Waals surface area contributed by atoms with Gasteiger partial charge >= 0.3 is 5.97 Å². The van der Waals surface area contributed by atoms with Crippen molar-refractivity contribution >= 4 is 5.97 Å². The first-order chi connectivity index (χ1) is 15.2. The monoisotopic (exact) mass is 416 g/mol. The summed E-state index contributed by atoms with van der Waals surface area (Å²) in [6.45, 7) is 4.72. The van der Waals surface area contributed by atoms with Crippen molar-refractivity contribution in [2.75, 3.05) is 0 Å². The van der Waals surface area contributed by atoms with Crippen molar-refractivity contribution in [2.24, 2.45) is 0 Å². The van der Waals surface area contributed by atoms with Gasteiger partial charge in [0.05, 0.1) is 11.7 Å². The van der Waals surface area contributed by atoms with Gasteiger partial charge in [0.15, 0.2) is 0 Å². The lowest BCUT2D eigenvalue weighted by Crippen LogP contribution is -2.15. The van der Waals surface area contributed by atoms with E-state index in [1.807, 2.05) is 85.8 Å². The molecule has 0 bridgehead atoms. The third-order valence-corrected chi connectivity index (χ3v) is 5.33. The summed E-state index contributed by atoms with van der Waals surface area (Å²) in [5, 5.41) is 0. The van der Waals surface area contributed by atoms with E-state index in [0.717, 1.165) is 35.3 Å². The molecule has 0 aliphatic heterocycles. The van der Waals surface area contributed by atoms with Gasteiger partial charge in [-0.3, -0.25) is 0 Å². The van der Waals surface area contributed by atoms with Crippen LogP contribution in [0.25, 0.3) is 11.1 Å². The van der Waals surface area contributed by atoms with E-state index in [2.05, 4.69) is 6.92 Å². The zero-order chi connectivity index (χ0) is 21.9. The molecule has 0 saturated heterocycles. The van der Waals surface area contributed by atoms with Crippen LogP contribution >= 0.6 is 0 Å². The largest absolute Gasteiger partial charge is 0.489 e. The topological polar surface area (TPSA) is 35.5 Å². The lowest BCUT2D eigenvalue weighted by atomic mass is 10.0. The highest BCUT2D eigenvalue weighted by Gasteiger charge is 2.12. The van der Waals surface area contributed by atoms with E-state index in [-0.39, 0.29) is 12.1 Å².